The van der Waals surface area contributed by atoms with E-state index in [2.05, 4.69) is 31.5 Å². The average molecular weight is 610 g/mol. The molecule has 0 aliphatic heterocycles. The quantitative estimate of drug-likeness (QED) is 0.112. The van der Waals surface area contributed by atoms with Crippen LogP contribution in [0.25, 0.3) is 11.8 Å². The van der Waals surface area contributed by atoms with Crippen molar-refractivity contribution >= 4 is 35.5 Å². The molecule has 232 valence electrons. The number of benzene rings is 3. The minimum Gasteiger partial charge on any atom is -0.466 e. The fourth-order valence-corrected chi connectivity index (χ4v) is 4.44. The van der Waals surface area contributed by atoms with Crippen LogP contribution in [0.2, 0.25) is 0 Å². The van der Waals surface area contributed by atoms with Gasteiger partial charge in [0.1, 0.15) is 12.4 Å². The topological polar surface area (TPSA) is 157 Å². The molecule has 0 unspecified atom stereocenters. The van der Waals surface area contributed by atoms with Gasteiger partial charge in [0.2, 0.25) is 11.8 Å². The Morgan fingerprint density at radius 2 is 1.78 bits per heavy atom. The molecule has 4 rings (SSSR count). The van der Waals surface area contributed by atoms with Crippen molar-refractivity contribution in [2.24, 2.45) is 0 Å². The largest absolute Gasteiger partial charge is 0.466 e. The van der Waals surface area contributed by atoms with Gasteiger partial charge in [-0.3, -0.25) is 19.2 Å². The van der Waals surface area contributed by atoms with Crippen molar-refractivity contribution in [1.29, 1.82) is 0 Å². The molecule has 0 spiro atoms. The summed E-state index contributed by atoms with van der Waals surface area (Å²) < 4.78 is 6.39. The van der Waals surface area contributed by atoms with Crippen molar-refractivity contribution in [2.75, 3.05) is 18.5 Å². The number of anilines is 1. The van der Waals surface area contributed by atoms with Crippen molar-refractivity contribution < 1.29 is 23.9 Å². The van der Waals surface area contributed by atoms with E-state index in [4.69, 9.17) is 4.74 Å². The highest BCUT2D eigenvalue weighted by molar-refractivity contribution is 6.01. The normalized spacial score (nSPS) is 11.5. The van der Waals surface area contributed by atoms with Gasteiger partial charge in [0, 0.05) is 42.3 Å². The summed E-state index contributed by atoms with van der Waals surface area (Å²) in [7, 11) is 0. The minimum atomic E-state index is -0.886. The lowest BCUT2D eigenvalue weighted by atomic mass is 10.0. The Bertz CT molecular complexity index is 1620. The van der Waals surface area contributed by atoms with E-state index in [9.17, 15) is 19.2 Å². The molecule has 0 bridgehead atoms. The van der Waals surface area contributed by atoms with Gasteiger partial charge in [-0.25, -0.2) is 0 Å². The van der Waals surface area contributed by atoms with Crippen molar-refractivity contribution in [3.05, 3.63) is 107 Å². The number of tetrazole rings is 1. The number of hydrogen-bond acceptors (Lipinski definition) is 8. The number of aryl methyl sites for hydroxylation is 1. The molecule has 1 atom stereocenters. The predicted molar refractivity (Wildman–Crippen MR) is 168 cm³/mol. The number of esters is 1. The highest BCUT2D eigenvalue weighted by Crippen LogP contribution is 2.17. The van der Waals surface area contributed by atoms with E-state index in [0.717, 1.165) is 16.7 Å². The number of rotatable bonds is 14. The van der Waals surface area contributed by atoms with Gasteiger partial charge in [0.05, 0.1) is 12.3 Å². The molecule has 4 aromatic rings. The first kappa shape index (κ1) is 32.3. The van der Waals surface area contributed by atoms with Crippen LogP contribution in [0.5, 0.6) is 0 Å². The molecule has 0 aliphatic carbocycles. The van der Waals surface area contributed by atoms with E-state index in [1.165, 1.54) is 17.1 Å². The third-order valence-corrected chi connectivity index (χ3v) is 6.67. The van der Waals surface area contributed by atoms with Crippen molar-refractivity contribution in [3.8, 4) is 5.69 Å². The van der Waals surface area contributed by atoms with Gasteiger partial charge in [0.15, 0.2) is 0 Å². The SMILES string of the molecule is CCOC(=O)CCCNC(=O)c1ccc(NC(=O)[C@H](Cc2ccccc2)NC(=O)/C=C/c2cc(C)ccc2-n2cnnn2)cc1. The predicted octanol–water partition coefficient (Wildman–Crippen LogP) is 3.42. The fourth-order valence-electron chi connectivity index (χ4n) is 4.44. The number of nitrogens with zero attached hydrogens (tertiary/aromatic N) is 4. The van der Waals surface area contributed by atoms with Crippen LogP contribution in [0.4, 0.5) is 5.69 Å². The van der Waals surface area contributed by atoms with Crippen LogP contribution in [0.15, 0.2) is 85.2 Å². The lowest BCUT2D eigenvalue weighted by molar-refractivity contribution is -0.143. The molecule has 0 fully saturated rings. The van der Waals surface area contributed by atoms with Crippen LogP contribution in [0, 0.1) is 6.92 Å². The summed E-state index contributed by atoms with van der Waals surface area (Å²) in [5.74, 6) is -1.47. The highest BCUT2D eigenvalue weighted by atomic mass is 16.5. The number of hydrogen-bond donors (Lipinski definition) is 3. The van der Waals surface area contributed by atoms with E-state index in [-0.39, 0.29) is 24.7 Å². The zero-order valence-electron chi connectivity index (χ0n) is 25.1. The molecule has 0 saturated carbocycles. The van der Waals surface area contributed by atoms with E-state index in [1.54, 1.807) is 37.3 Å². The van der Waals surface area contributed by atoms with Crippen LogP contribution in [-0.4, -0.2) is 63.1 Å². The fraction of sp³-hybridized carbons (Fsp3) is 0.242. The van der Waals surface area contributed by atoms with Gasteiger partial charge < -0.3 is 20.7 Å². The van der Waals surface area contributed by atoms with E-state index in [1.807, 2.05) is 55.5 Å². The van der Waals surface area contributed by atoms with Gasteiger partial charge in [0.25, 0.3) is 5.91 Å². The summed E-state index contributed by atoms with van der Waals surface area (Å²) in [4.78, 5) is 50.4. The molecule has 12 heteroatoms. The third kappa shape index (κ3) is 9.95. The summed E-state index contributed by atoms with van der Waals surface area (Å²) >= 11 is 0. The molecule has 3 aromatic carbocycles. The van der Waals surface area contributed by atoms with E-state index in [0.29, 0.717) is 36.5 Å². The lowest BCUT2D eigenvalue weighted by Crippen LogP contribution is -2.44. The number of carbonyl (C=O) groups is 4. The Morgan fingerprint density at radius 3 is 2.49 bits per heavy atom. The minimum absolute atomic E-state index is 0.225. The monoisotopic (exact) mass is 609 g/mol. The summed E-state index contributed by atoms with van der Waals surface area (Å²) in [6.45, 7) is 4.33. The second kappa shape index (κ2) is 16.3. The number of ether oxygens (including phenoxy) is 1. The summed E-state index contributed by atoms with van der Waals surface area (Å²) in [5.41, 5.74) is 4.15. The van der Waals surface area contributed by atoms with Crippen molar-refractivity contribution in [3.63, 3.8) is 0 Å². The first-order chi connectivity index (χ1) is 21.8. The van der Waals surface area contributed by atoms with Gasteiger partial charge in [-0.2, -0.15) is 4.68 Å². The average Bonchev–Trinajstić information content (AvgIpc) is 3.58. The van der Waals surface area contributed by atoms with Gasteiger partial charge >= 0.3 is 5.97 Å². The molecule has 0 radical (unpaired) electrons. The molecule has 45 heavy (non-hydrogen) atoms. The lowest BCUT2D eigenvalue weighted by Gasteiger charge is -2.18. The summed E-state index contributed by atoms with van der Waals surface area (Å²) in [6.07, 6.45) is 5.44. The Labute approximate surface area is 260 Å². The van der Waals surface area contributed by atoms with Gasteiger partial charge in [-0.15, -0.1) is 5.10 Å². The Kier molecular flexibility index (Phi) is 11.7. The number of nitrogens with one attached hydrogen (secondary N) is 3. The Morgan fingerprint density at radius 1 is 1.00 bits per heavy atom. The van der Waals surface area contributed by atoms with Gasteiger partial charge in [-0.1, -0.05) is 42.0 Å². The molecule has 12 nitrogen and oxygen atoms in total. The maximum atomic E-state index is 13.4. The van der Waals surface area contributed by atoms with Crippen LogP contribution < -0.4 is 16.0 Å². The Hall–Kier alpha value is -5.65. The smallest absolute Gasteiger partial charge is 0.305 e. The molecule has 0 saturated heterocycles. The van der Waals surface area contributed by atoms with Crippen LogP contribution in [0.1, 0.15) is 46.8 Å². The first-order valence-corrected chi connectivity index (χ1v) is 14.5. The molecule has 3 N–H and O–H groups in total. The molecule has 1 aromatic heterocycles. The molecule has 0 aliphatic rings. The van der Waals surface area contributed by atoms with Crippen LogP contribution >= 0.6 is 0 Å². The number of aromatic nitrogens is 4. The third-order valence-electron chi connectivity index (χ3n) is 6.67. The standard InChI is InChI=1S/C33H35N7O5/c1-3-45-31(42)10-7-19-34-32(43)25-12-15-27(16-13-25)36-33(44)28(21-24-8-5-4-6-9-24)37-30(41)18-14-26-20-23(2)11-17-29(26)40-22-35-38-39-40/h4-6,8-9,11-18,20,22,28H,3,7,10,19,21H2,1-2H3,(H,34,43)(H,36,44)(H,37,41)/b18-14+/t28-/m0/s1. The second-order valence-electron chi connectivity index (χ2n) is 10.1. The second-order valence-corrected chi connectivity index (χ2v) is 10.1. The highest BCUT2D eigenvalue weighted by Gasteiger charge is 2.21. The number of amides is 3. The first-order valence-electron chi connectivity index (χ1n) is 14.5. The molecule has 1 heterocycles. The van der Waals surface area contributed by atoms with Crippen molar-refractivity contribution in [2.45, 2.75) is 39.2 Å². The van der Waals surface area contributed by atoms with Crippen LogP contribution in [-0.2, 0) is 25.5 Å². The van der Waals surface area contributed by atoms with Crippen LogP contribution in [0.3, 0.4) is 0 Å². The Balaban J connectivity index is 1.40. The van der Waals surface area contributed by atoms with E-state index < -0.39 is 17.9 Å². The molecular weight excluding hydrogens is 574 g/mol. The number of carbonyl (C=O) groups excluding carboxylic acids is 4. The van der Waals surface area contributed by atoms with Gasteiger partial charge in [-0.05, 0) is 78.7 Å². The maximum absolute atomic E-state index is 13.4. The molecular formula is C33H35N7O5. The van der Waals surface area contributed by atoms with Crippen molar-refractivity contribution in [1.82, 2.24) is 30.8 Å². The summed E-state index contributed by atoms with van der Waals surface area (Å²) in [5, 5.41) is 19.7. The maximum Gasteiger partial charge on any atom is 0.305 e. The zero-order valence-corrected chi connectivity index (χ0v) is 25.1. The van der Waals surface area contributed by atoms with E-state index >= 15 is 0 Å². The molecule has 3 amide bonds. The summed E-state index contributed by atoms with van der Waals surface area (Å²) in [6, 6.07) is 20.6. The zero-order chi connectivity index (χ0) is 32.0.